The Morgan fingerprint density at radius 1 is 1.35 bits per heavy atom. The Morgan fingerprint density at radius 3 is 2.80 bits per heavy atom. The largest absolute Gasteiger partial charge is 0.355 e. The predicted molar refractivity (Wildman–Crippen MR) is 81.3 cm³/mol. The lowest BCUT2D eigenvalue weighted by molar-refractivity contribution is -0.135. The van der Waals surface area contributed by atoms with Crippen LogP contribution in [0.25, 0.3) is 0 Å². The highest BCUT2D eigenvalue weighted by molar-refractivity contribution is 5.96. The molecule has 0 unspecified atom stereocenters. The Hall–Kier alpha value is -1.32. The molecular weight excluding hydrogens is 252 g/mol. The van der Waals surface area contributed by atoms with E-state index in [1.54, 1.807) is 11.9 Å². The van der Waals surface area contributed by atoms with E-state index in [1.807, 2.05) is 0 Å². The van der Waals surface area contributed by atoms with Gasteiger partial charge in [-0.3, -0.25) is 9.59 Å². The summed E-state index contributed by atoms with van der Waals surface area (Å²) >= 11 is 0. The van der Waals surface area contributed by atoms with Crippen molar-refractivity contribution in [3.05, 3.63) is 11.6 Å². The summed E-state index contributed by atoms with van der Waals surface area (Å²) in [5.41, 5.74) is 1.45. The van der Waals surface area contributed by atoms with E-state index in [-0.39, 0.29) is 18.2 Å². The van der Waals surface area contributed by atoms with Gasteiger partial charge in [0.1, 0.15) is 6.42 Å². The normalized spacial score (nSPS) is 14.6. The summed E-state index contributed by atoms with van der Waals surface area (Å²) in [6.07, 6.45) is 10.1. The third-order valence-corrected chi connectivity index (χ3v) is 3.74. The number of rotatable bonds is 8. The van der Waals surface area contributed by atoms with Crippen molar-refractivity contribution in [2.45, 2.75) is 58.3 Å². The molecule has 20 heavy (non-hydrogen) atoms. The first-order chi connectivity index (χ1) is 9.63. The molecule has 1 N–H and O–H groups in total. The molecule has 0 heterocycles. The maximum absolute atomic E-state index is 11.8. The fraction of sp³-hybridized carbons (Fsp3) is 0.750. The van der Waals surface area contributed by atoms with Gasteiger partial charge in [0.05, 0.1) is 0 Å². The zero-order valence-corrected chi connectivity index (χ0v) is 12.9. The SMILES string of the molecule is CCCCN(C)C(=O)CC(=O)NCCC1=CCCCC1. The van der Waals surface area contributed by atoms with Crippen molar-refractivity contribution in [2.75, 3.05) is 20.1 Å². The Bertz CT molecular complexity index is 350. The molecule has 1 rings (SSSR count). The molecule has 0 fully saturated rings. The molecule has 1 aliphatic rings. The highest BCUT2D eigenvalue weighted by atomic mass is 16.2. The number of unbranched alkanes of at least 4 members (excludes halogenated alkanes) is 1. The fourth-order valence-electron chi connectivity index (χ4n) is 2.35. The number of amides is 2. The fourth-order valence-corrected chi connectivity index (χ4v) is 2.35. The zero-order chi connectivity index (χ0) is 14.8. The molecule has 0 atom stereocenters. The molecule has 0 aromatic rings. The number of carbonyl (C=O) groups is 2. The zero-order valence-electron chi connectivity index (χ0n) is 12.9. The van der Waals surface area contributed by atoms with Crippen LogP contribution in [0.1, 0.15) is 58.3 Å². The molecule has 0 saturated carbocycles. The lowest BCUT2D eigenvalue weighted by Gasteiger charge is -2.16. The van der Waals surface area contributed by atoms with E-state index in [9.17, 15) is 9.59 Å². The van der Waals surface area contributed by atoms with Gasteiger partial charge in [-0.1, -0.05) is 25.0 Å². The third-order valence-electron chi connectivity index (χ3n) is 3.74. The average molecular weight is 280 g/mol. The van der Waals surface area contributed by atoms with Gasteiger partial charge in [-0.25, -0.2) is 0 Å². The summed E-state index contributed by atoms with van der Waals surface area (Å²) in [4.78, 5) is 25.1. The minimum atomic E-state index is -0.158. The molecule has 114 valence electrons. The Kier molecular flexibility index (Phi) is 8.00. The van der Waals surface area contributed by atoms with Crippen molar-refractivity contribution in [1.82, 2.24) is 10.2 Å². The summed E-state index contributed by atoms with van der Waals surface area (Å²) in [5, 5.41) is 2.84. The first-order valence-electron chi connectivity index (χ1n) is 7.82. The van der Waals surface area contributed by atoms with Crippen LogP contribution in [0.4, 0.5) is 0 Å². The number of nitrogens with one attached hydrogen (secondary N) is 1. The topological polar surface area (TPSA) is 49.4 Å². The first kappa shape index (κ1) is 16.7. The van der Waals surface area contributed by atoms with E-state index in [0.717, 1.165) is 32.2 Å². The predicted octanol–water partition coefficient (Wildman–Crippen LogP) is 2.64. The number of allylic oxidation sites excluding steroid dienone is 1. The van der Waals surface area contributed by atoms with Crippen LogP contribution < -0.4 is 5.32 Å². The molecule has 2 amide bonds. The van der Waals surface area contributed by atoms with Gasteiger partial charge in [-0.05, 0) is 38.5 Å². The quantitative estimate of drug-likeness (QED) is 0.549. The molecule has 0 radical (unpaired) electrons. The number of hydrogen-bond donors (Lipinski definition) is 1. The summed E-state index contributed by atoms with van der Waals surface area (Å²) in [6, 6.07) is 0. The van der Waals surface area contributed by atoms with Crippen molar-refractivity contribution >= 4 is 11.8 Å². The van der Waals surface area contributed by atoms with Gasteiger partial charge in [-0.15, -0.1) is 0 Å². The maximum atomic E-state index is 11.8. The highest BCUT2D eigenvalue weighted by Crippen LogP contribution is 2.19. The average Bonchev–Trinajstić information content (AvgIpc) is 2.45. The van der Waals surface area contributed by atoms with Crippen molar-refractivity contribution in [3.8, 4) is 0 Å². The molecule has 0 saturated heterocycles. The van der Waals surface area contributed by atoms with E-state index < -0.39 is 0 Å². The first-order valence-corrected chi connectivity index (χ1v) is 7.82. The van der Waals surface area contributed by atoms with Gasteiger partial charge in [0.25, 0.3) is 0 Å². The minimum Gasteiger partial charge on any atom is -0.355 e. The molecular formula is C16H28N2O2. The Balaban J connectivity index is 2.16. The van der Waals surface area contributed by atoms with Crippen LogP contribution in [0.2, 0.25) is 0 Å². The van der Waals surface area contributed by atoms with E-state index in [2.05, 4.69) is 18.3 Å². The lowest BCUT2D eigenvalue weighted by Crippen LogP contribution is -2.34. The van der Waals surface area contributed by atoms with Crippen LogP contribution in [0.15, 0.2) is 11.6 Å². The van der Waals surface area contributed by atoms with Gasteiger partial charge in [0.2, 0.25) is 11.8 Å². The standard InChI is InChI=1S/C16H28N2O2/c1-3-4-12-18(2)16(20)13-15(19)17-11-10-14-8-6-5-7-9-14/h8H,3-7,9-13H2,1-2H3,(H,17,19). The molecule has 4 heteroatoms. The number of hydrogen-bond acceptors (Lipinski definition) is 2. The smallest absolute Gasteiger partial charge is 0.231 e. The van der Waals surface area contributed by atoms with Crippen molar-refractivity contribution in [2.24, 2.45) is 0 Å². The van der Waals surface area contributed by atoms with E-state index in [1.165, 1.54) is 24.8 Å². The number of carbonyl (C=O) groups excluding carboxylic acids is 2. The number of nitrogens with zero attached hydrogens (tertiary/aromatic N) is 1. The van der Waals surface area contributed by atoms with Crippen molar-refractivity contribution < 1.29 is 9.59 Å². The second-order valence-electron chi connectivity index (χ2n) is 5.55. The Morgan fingerprint density at radius 2 is 2.15 bits per heavy atom. The van der Waals surface area contributed by atoms with Gasteiger partial charge < -0.3 is 10.2 Å². The van der Waals surface area contributed by atoms with E-state index >= 15 is 0 Å². The molecule has 0 aliphatic heterocycles. The van der Waals surface area contributed by atoms with Crippen LogP contribution in [0, 0.1) is 0 Å². The monoisotopic (exact) mass is 280 g/mol. The molecule has 4 nitrogen and oxygen atoms in total. The van der Waals surface area contributed by atoms with Crippen molar-refractivity contribution in [1.29, 1.82) is 0 Å². The minimum absolute atomic E-state index is 0.0285. The molecule has 0 aromatic heterocycles. The van der Waals surface area contributed by atoms with Gasteiger partial charge in [0, 0.05) is 20.1 Å². The highest BCUT2D eigenvalue weighted by Gasteiger charge is 2.13. The van der Waals surface area contributed by atoms with Crippen LogP contribution >= 0.6 is 0 Å². The molecule has 0 aromatic carbocycles. The summed E-state index contributed by atoms with van der Waals surface area (Å²) < 4.78 is 0. The third kappa shape index (κ3) is 6.73. The molecule has 0 spiro atoms. The molecule has 1 aliphatic carbocycles. The van der Waals surface area contributed by atoms with Crippen LogP contribution in [-0.4, -0.2) is 36.9 Å². The Labute approximate surface area is 122 Å². The second kappa shape index (κ2) is 9.56. The van der Waals surface area contributed by atoms with E-state index in [4.69, 9.17) is 0 Å². The van der Waals surface area contributed by atoms with Gasteiger partial charge in [-0.2, -0.15) is 0 Å². The van der Waals surface area contributed by atoms with Gasteiger partial charge >= 0.3 is 0 Å². The van der Waals surface area contributed by atoms with Crippen LogP contribution in [-0.2, 0) is 9.59 Å². The maximum Gasteiger partial charge on any atom is 0.231 e. The summed E-state index contributed by atoms with van der Waals surface area (Å²) in [7, 11) is 1.76. The lowest BCUT2D eigenvalue weighted by atomic mass is 9.97. The van der Waals surface area contributed by atoms with Crippen LogP contribution in [0.5, 0.6) is 0 Å². The summed E-state index contributed by atoms with van der Waals surface area (Å²) in [6.45, 7) is 3.47. The molecule has 0 bridgehead atoms. The van der Waals surface area contributed by atoms with Crippen molar-refractivity contribution in [3.63, 3.8) is 0 Å². The second-order valence-corrected chi connectivity index (χ2v) is 5.55. The van der Waals surface area contributed by atoms with Gasteiger partial charge in [0.15, 0.2) is 0 Å². The summed E-state index contributed by atoms with van der Waals surface area (Å²) in [5.74, 6) is -0.248. The van der Waals surface area contributed by atoms with E-state index in [0.29, 0.717) is 6.54 Å². The van der Waals surface area contributed by atoms with Crippen LogP contribution in [0.3, 0.4) is 0 Å².